The monoisotopic (exact) mass is 250 g/mol. The van der Waals surface area contributed by atoms with Crippen molar-refractivity contribution in [2.24, 2.45) is 0 Å². The Morgan fingerprint density at radius 2 is 1.89 bits per heavy atom. The van der Waals surface area contributed by atoms with Crippen LogP contribution in [0.1, 0.15) is 5.69 Å². The lowest BCUT2D eigenvalue weighted by atomic mass is 10.3. The number of hydrogen-bond acceptors (Lipinski definition) is 3. The lowest BCUT2D eigenvalue weighted by molar-refractivity contribution is 0.459. The Hall–Kier alpha value is -2.01. The van der Waals surface area contributed by atoms with Crippen molar-refractivity contribution < 1.29 is 13.5 Å². The highest BCUT2D eigenvalue weighted by molar-refractivity contribution is 5.30. The van der Waals surface area contributed by atoms with Crippen LogP contribution in [0.3, 0.4) is 0 Å². The summed E-state index contributed by atoms with van der Waals surface area (Å²) in [6, 6.07) is 6.90. The van der Waals surface area contributed by atoms with Gasteiger partial charge in [0.15, 0.2) is 11.6 Å². The average molecular weight is 250 g/mol. The molecule has 0 aliphatic carbocycles. The van der Waals surface area contributed by atoms with Crippen molar-refractivity contribution in [2.45, 2.75) is 6.54 Å². The van der Waals surface area contributed by atoms with Crippen LogP contribution in [0.5, 0.6) is 11.5 Å². The molecule has 0 aliphatic rings. The number of halogens is 2. The van der Waals surface area contributed by atoms with Gasteiger partial charge in [0, 0.05) is 12.6 Å². The van der Waals surface area contributed by atoms with Crippen molar-refractivity contribution in [2.75, 3.05) is 7.05 Å². The first kappa shape index (κ1) is 12.4. The van der Waals surface area contributed by atoms with Gasteiger partial charge in [-0.1, -0.05) is 0 Å². The molecule has 0 saturated heterocycles. The summed E-state index contributed by atoms with van der Waals surface area (Å²) in [5.74, 6) is -1.13. The molecule has 0 radical (unpaired) electrons. The number of benzene rings is 1. The zero-order valence-electron chi connectivity index (χ0n) is 9.78. The number of aromatic nitrogens is 1. The second kappa shape index (κ2) is 5.55. The molecule has 0 fully saturated rings. The van der Waals surface area contributed by atoms with Crippen molar-refractivity contribution in [3.8, 4) is 11.5 Å². The van der Waals surface area contributed by atoms with Crippen LogP contribution in [0.15, 0.2) is 36.5 Å². The van der Waals surface area contributed by atoms with Crippen LogP contribution in [0, 0.1) is 11.6 Å². The van der Waals surface area contributed by atoms with E-state index in [-0.39, 0.29) is 5.75 Å². The molecule has 1 aromatic heterocycles. The number of hydrogen-bond donors (Lipinski definition) is 1. The molecule has 0 amide bonds. The van der Waals surface area contributed by atoms with Crippen molar-refractivity contribution in [3.63, 3.8) is 0 Å². The quantitative estimate of drug-likeness (QED) is 0.906. The van der Waals surface area contributed by atoms with E-state index in [0.717, 1.165) is 17.8 Å². The van der Waals surface area contributed by atoms with Crippen LogP contribution in [0.2, 0.25) is 0 Å². The van der Waals surface area contributed by atoms with Crippen LogP contribution >= 0.6 is 0 Å². The van der Waals surface area contributed by atoms with Crippen LogP contribution in [-0.4, -0.2) is 12.0 Å². The molecule has 18 heavy (non-hydrogen) atoms. The van der Waals surface area contributed by atoms with E-state index in [2.05, 4.69) is 10.3 Å². The molecule has 0 spiro atoms. The largest absolute Gasteiger partial charge is 0.456 e. The Balaban J connectivity index is 2.10. The molecule has 5 heteroatoms. The summed E-state index contributed by atoms with van der Waals surface area (Å²) >= 11 is 0. The minimum absolute atomic E-state index is 0.233. The SMILES string of the molecule is CNCc1ccc(Oc2ccc(F)c(F)c2)cn1. The van der Waals surface area contributed by atoms with E-state index in [9.17, 15) is 8.78 Å². The van der Waals surface area contributed by atoms with Crippen molar-refractivity contribution in [3.05, 3.63) is 53.9 Å². The third-order valence-corrected chi connectivity index (χ3v) is 2.28. The maximum Gasteiger partial charge on any atom is 0.162 e. The maximum atomic E-state index is 13.0. The lowest BCUT2D eigenvalue weighted by Crippen LogP contribution is -2.06. The molecule has 0 atom stereocenters. The summed E-state index contributed by atoms with van der Waals surface area (Å²) in [4.78, 5) is 4.15. The Morgan fingerprint density at radius 3 is 2.50 bits per heavy atom. The summed E-state index contributed by atoms with van der Waals surface area (Å²) < 4.78 is 31.1. The molecule has 0 aliphatic heterocycles. The van der Waals surface area contributed by atoms with Crippen LogP contribution in [-0.2, 0) is 6.54 Å². The van der Waals surface area contributed by atoms with Gasteiger partial charge in [0.25, 0.3) is 0 Å². The van der Waals surface area contributed by atoms with E-state index in [0.29, 0.717) is 12.3 Å². The number of pyridine rings is 1. The molecule has 2 rings (SSSR count). The van der Waals surface area contributed by atoms with Crippen LogP contribution in [0.25, 0.3) is 0 Å². The second-order valence-corrected chi connectivity index (χ2v) is 3.69. The summed E-state index contributed by atoms with van der Waals surface area (Å²) in [5, 5.41) is 2.97. The summed E-state index contributed by atoms with van der Waals surface area (Å²) in [6.07, 6.45) is 1.54. The average Bonchev–Trinajstić information content (AvgIpc) is 2.37. The van der Waals surface area contributed by atoms with Gasteiger partial charge in [-0.2, -0.15) is 0 Å². The first-order valence-electron chi connectivity index (χ1n) is 5.41. The molecule has 0 unspecified atom stereocenters. The van der Waals surface area contributed by atoms with Gasteiger partial charge in [0.05, 0.1) is 11.9 Å². The molecule has 1 N–H and O–H groups in total. The molecule has 2 aromatic rings. The van der Waals surface area contributed by atoms with Crippen LogP contribution < -0.4 is 10.1 Å². The molecule has 1 aromatic carbocycles. The molecule has 3 nitrogen and oxygen atoms in total. The standard InChI is InChI=1S/C13H12F2N2O/c1-16-7-9-2-3-11(8-17-9)18-10-4-5-12(14)13(15)6-10/h2-6,8,16H,7H2,1H3. The molecular formula is C13H12F2N2O. The zero-order valence-corrected chi connectivity index (χ0v) is 9.78. The first-order chi connectivity index (χ1) is 8.69. The predicted molar refractivity (Wildman–Crippen MR) is 63.4 cm³/mol. The van der Waals surface area contributed by atoms with E-state index in [1.54, 1.807) is 12.1 Å². The zero-order chi connectivity index (χ0) is 13.0. The van der Waals surface area contributed by atoms with Gasteiger partial charge < -0.3 is 10.1 Å². The van der Waals surface area contributed by atoms with Gasteiger partial charge in [0.1, 0.15) is 11.5 Å². The maximum absolute atomic E-state index is 13.0. The molecule has 94 valence electrons. The Labute approximate surface area is 103 Å². The Bertz CT molecular complexity index is 529. The molecule has 1 heterocycles. The second-order valence-electron chi connectivity index (χ2n) is 3.69. The highest BCUT2D eigenvalue weighted by Gasteiger charge is 2.04. The fourth-order valence-corrected chi connectivity index (χ4v) is 1.43. The smallest absolute Gasteiger partial charge is 0.162 e. The molecule has 0 saturated carbocycles. The summed E-state index contributed by atoms with van der Waals surface area (Å²) in [6.45, 7) is 0.658. The summed E-state index contributed by atoms with van der Waals surface area (Å²) in [7, 11) is 1.83. The number of ether oxygens (including phenoxy) is 1. The third-order valence-electron chi connectivity index (χ3n) is 2.28. The minimum atomic E-state index is -0.938. The van der Waals surface area contributed by atoms with E-state index in [1.807, 2.05) is 7.05 Å². The Morgan fingerprint density at radius 1 is 1.11 bits per heavy atom. The van der Waals surface area contributed by atoms with Crippen molar-refractivity contribution >= 4 is 0 Å². The molecular weight excluding hydrogens is 238 g/mol. The van der Waals surface area contributed by atoms with Crippen LogP contribution in [0.4, 0.5) is 8.78 Å². The van der Waals surface area contributed by atoms with E-state index >= 15 is 0 Å². The van der Waals surface area contributed by atoms with E-state index in [1.165, 1.54) is 12.3 Å². The number of nitrogens with zero attached hydrogens (tertiary/aromatic N) is 1. The minimum Gasteiger partial charge on any atom is -0.456 e. The van der Waals surface area contributed by atoms with E-state index in [4.69, 9.17) is 4.74 Å². The van der Waals surface area contributed by atoms with Gasteiger partial charge >= 0.3 is 0 Å². The molecule has 0 bridgehead atoms. The van der Waals surface area contributed by atoms with Gasteiger partial charge in [-0.15, -0.1) is 0 Å². The van der Waals surface area contributed by atoms with Crippen molar-refractivity contribution in [1.82, 2.24) is 10.3 Å². The number of rotatable bonds is 4. The fourth-order valence-electron chi connectivity index (χ4n) is 1.43. The van der Waals surface area contributed by atoms with Gasteiger partial charge in [-0.05, 0) is 31.3 Å². The van der Waals surface area contributed by atoms with Gasteiger partial charge in [0.2, 0.25) is 0 Å². The Kier molecular flexibility index (Phi) is 3.84. The lowest BCUT2D eigenvalue weighted by Gasteiger charge is -2.06. The predicted octanol–water partition coefficient (Wildman–Crippen LogP) is 2.87. The van der Waals surface area contributed by atoms with Crippen molar-refractivity contribution in [1.29, 1.82) is 0 Å². The third kappa shape index (κ3) is 3.01. The first-order valence-corrected chi connectivity index (χ1v) is 5.41. The summed E-state index contributed by atoms with van der Waals surface area (Å²) in [5.41, 5.74) is 0.870. The van der Waals surface area contributed by atoms with Gasteiger partial charge in [-0.25, -0.2) is 8.78 Å². The van der Waals surface area contributed by atoms with Gasteiger partial charge in [-0.3, -0.25) is 4.98 Å². The van der Waals surface area contributed by atoms with E-state index < -0.39 is 11.6 Å². The number of nitrogens with one attached hydrogen (secondary N) is 1. The highest BCUT2D eigenvalue weighted by atomic mass is 19.2. The fraction of sp³-hybridized carbons (Fsp3) is 0.154. The normalized spacial score (nSPS) is 10.4. The topological polar surface area (TPSA) is 34.1 Å². The highest BCUT2D eigenvalue weighted by Crippen LogP contribution is 2.22.